The maximum Gasteiger partial charge on any atom is 0.319 e. The summed E-state index contributed by atoms with van der Waals surface area (Å²) in [7, 11) is 1.63. The molecule has 0 spiro atoms. The lowest BCUT2D eigenvalue weighted by Gasteiger charge is -2.14. The van der Waals surface area contributed by atoms with Crippen LogP contribution in [0.5, 0.6) is 5.75 Å². The van der Waals surface area contributed by atoms with Crippen LogP contribution in [0.2, 0.25) is 0 Å². The third kappa shape index (κ3) is 4.79. The smallest absolute Gasteiger partial charge is 0.319 e. The molecule has 3 aromatic rings. The molecule has 0 aliphatic carbocycles. The summed E-state index contributed by atoms with van der Waals surface area (Å²) in [4.78, 5) is 12.3. The van der Waals surface area contributed by atoms with Crippen LogP contribution in [-0.4, -0.2) is 39.7 Å². The average Bonchev–Trinajstić information content (AvgIpc) is 3.15. The third-order valence-electron chi connectivity index (χ3n) is 4.34. The van der Waals surface area contributed by atoms with E-state index in [0.29, 0.717) is 23.3 Å². The number of carbonyl (C=O) groups is 1. The predicted molar refractivity (Wildman–Crippen MR) is 115 cm³/mol. The first kappa shape index (κ1) is 20.9. The van der Waals surface area contributed by atoms with Gasteiger partial charge in [-0.15, -0.1) is 10.2 Å². The molecule has 0 radical (unpaired) electrons. The van der Waals surface area contributed by atoms with Crippen LogP contribution >= 0.6 is 11.8 Å². The lowest BCUT2D eigenvalue weighted by molar-refractivity contribution is -0.142. The Morgan fingerprint density at radius 2 is 1.86 bits per heavy atom. The van der Waals surface area contributed by atoms with Gasteiger partial charge >= 0.3 is 5.97 Å². The number of esters is 1. The Hall–Kier alpha value is -2.80. The number of para-hydroxylation sites is 1. The van der Waals surface area contributed by atoms with Crippen LogP contribution in [0.4, 0.5) is 0 Å². The second-order valence-electron chi connectivity index (χ2n) is 6.61. The van der Waals surface area contributed by atoms with Gasteiger partial charge in [-0.2, -0.15) is 0 Å². The first-order chi connectivity index (χ1) is 14.0. The average molecular weight is 412 g/mol. The predicted octanol–water partition coefficient (Wildman–Crippen LogP) is 4.69. The van der Waals surface area contributed by atoms with Gasteiger partial charge in [0.1, 0.15) is 11.0 Å². The Morgan fingerprint density at radius 1 is 1.14 bits per heavy atom. The van der Waals surface area contributed by atoms with Crippen LogP contribution in [0.15, 0.2) is 53.7 Å². The zero-order valence-electron chi connectivity index (χ0n) is 17.1. The van der Waals surface area contributed by atoms with Gasteiger partial charge in [0, 0.05) is 5.69 Å². The maximum atomic E-state index is 12.3. The Bertz CT molecular complexity index is 970. The standard InChI is InChI=1S/C22H25N3O3S/c1-5-14-28-21(26)16(3)29-22-24-23-20(18-8-6-7-9-19(18)27-4)25(22)17-12-10-15(2)11-13-17/h6-13,16H,5,14H2,1-4H3. The van der Waals surface area contributed by atoms with Gasteiger partial charge in [-0.25, -0.2) is 0 Å². The number of methoxy groups -OCH3 is 1. The number of rotatable bonds is 8. The van der Waals surface area contributed by atoms with Crippen molar-refractivity contribution in [1.82, 2.24) is 14.8 Å². The Kier molecular flexibility index (Phi) is 6.93. The van der Waals surface area contributed by atoms with Crippen molar-refractivity contribution in [3.63, 3.8) is 0 Å². The summed E-state index contributed by atoms with van der Waals surface area (Å²) in [5.74, 6) is 1.11. The monoisotopic (exact) mass is 411 g/mol. The highest BCUT2D eigenvalue weighted by atomic mass is 32.2. The number of aryl methyl sites for hydroxylation is 1. The minimum atomic E-state index is -0.402. The molecule has 0 N–H and O–H groups in total. The summed E-state index contributed by atoms with van der Waals surface area (Å²) in [6.07, 6.45) is 0.792. The molecule has 6 nitrogen and oxygen atoms in total. The van der Waals surface area contributed by atoms with Crippen molar-refractivity contribution < 1.29 is 14.3 Å². The Labute approximate surface area is 175 Å². The van der Waals surface area contributed by atoms with Crippen molar-refractivity contribution in [3.05, 3.63) is 54.1 Å². The van der Waals surface area contributed by atoms with Crippen LogP contribution in [0, 0.1) is 6.92 Å². The van der Waals surface area contributed by atoms with Gasteiger partial charge in [0.2, 0.25) is 0 Å². The highest BCUT2D eigenvalue weighted by molar-refractivity contribution is 8.00. The number of ether oxygens (including phenoxy) is 2. The first-order valence-corrected chi connectivity index (χ1v) is 10.4. The maximum absolute atomic E-state index is 12.3. The van der Waals surface area contributed by atoms with E-state index in [0.717, 1.165) is 23.2 Å². The normalized spacial score (nSPS) is 11.9. The van der Waals surface area contributed by atoms with E-state index in [1.807, 2.05) is 73.9 Å². The third-order valence-corrected chi connectivity index (χ3v) is 5.36. The number of thioether (sulfide) groups is 1. The fourth-order valence-corrected chi connectivity index (χ4v) is 3.67. The van der Waals surface area contributed by atoms with E-state index in [-0.39, 0.29) is 5.97 Å². The molecule has 0 amide bonds. The van der Waals surface area contributed by atoms with Crippen molar-refractivity contribution in [2.45, 2.75) is 37.6 Å². The number of nitrogens with zero attached hydrogens (tertiary/aromatic N) is 3. The summed E-state index contributed by atoms with van der Waals surface area (Å²) < 4.78 is 12.7. The molecule has 29 heavy (non-hydrogen) atoms. The summed E-state index contributed by atoms with van der Waals surface area (Å²) >= 11 is 1.33. The number of hydrogen-bond donors (Lipinski definition) is 0. The van der Waals surface area contributed by atoms with Crippen LogP contribution in [0.1, 0.15) is 25.8 Å². The molecule has 7 heteroatoms. The lowest BCUT2D eigenvalue weighted by atomic mass is 10.1. The molecule has 1 heterocycles. The Morgan fingerprint density at radius 3 is 2.55 bits per heavy atom. The fraction of sp³-hybridized carbons (Fsp3) is 0.318. The lowest BCUT2D eigenvalue weighted by Crippen LogP contribution is -2.18. The molecule has 2 aromatic carbocycles. The van der Waals surface area contributed by atoms with Gasteiger partial charge in [0.25, 0.3) is 0 Å². The molecule has 3 rings (SSSR count). The molecule has 0 saturated carbocycles. The first-order valence-electron chi connectivity index (χ1n) is 9.54. The van der Waals surface area contributed by atoms with E-state index in [1.165, 1.54) is 11.8 Å². The van der Waals surface area contributed by atoms with Crippen LogP contribution in [0.3, 0.4) is 0 Å². The number of carbonyl (C=O) groups excluding carboxylic acids is 1. The molecule has 1 unspecified atom stereocenters. The summed E-state index contributed by atoms with van der Waals surface area (Å²) in [5, 5.41) is 9.03. The molecule has 1 aromatic heterocycles. The zero-order chi connectivity index (χ0) is 20.8. The van der Waals surface area contributed by atoms with Gasteiger partial charge in [-0.3, -0.25) is 9.36 Å². The minimum absolute atomic E-state index is 0.255. The van der Waals surface area contributed by atoms with E-state index < -0.39 is 5.25 Å². The molecule has 0 aliphatic rings. The zero-order valence-corrected chi connectivity index (χ0v) is 17.9. The number of hydrogen-bond acceptors (Lipinski definition) is 6. The van der Waals surface area contributed by atoms with E-state index >= 15 is 0 Å². The van der Waals surface area contributed by atoms with E-state index in [9.17, 15) is 4.79 Å². The highest BCUT2D eigenvalue weighted by Crippen LogP contribution is 2.34. The van der Waals surface area contributed by atoms with Gasteiger partial charge in [0.05, 0.1) is 19.3 Å². The molecular formula is C22H25N3O3S. The largest absolute Gasteiger partial charge is 0.496 e. The second kappa shape index (κ2) is 9.60. The minimum Gasteiger partial charge on any atom is -0.496 e. The summed E-state index contributed by atoms with van der Waals surface area (Å²) in [6, 6.07) is 15.8. The molecule has 1 atom stereocenters. The quantitative estimate of drug-likeness (QED) is 0.396. The Balaban J connectivity index is 2.04. The summed E-state index contributed by atoms with van der Waals surface area (Å²) in [6.45, 7) is 6.25. The molecular weight excluding hydrogens is 386 g/mol. The SMILES string of the molecule is CCCOC(=O)C(C)Sc1nnc(-c2ccccc2OC)n1-c1ccc(C)cc1. The van der Waals surface area contributed by atoms with Crippen molar-refractivity contribution in [1.29, 1.82) is 0 Å². The van der Waals surface area contributed by atoms with Gasteiger partial charge in [-0.05, 0) is 44.5 Å². The van der Waals surface area contributed by atoms with Gasteiger partial charge in [0.15, 0.2) is 11.0 Å². The second-order valence-corrected chi connectivity index (χ2v) is 7.91. The van der Waals surface area contributed by atoms with Crippen LogP contribution < -0.4 is 4.74 Å². The number of aromatic nitrogens is 3. The van der Waals surface area contributed by atoms with Crippen molar-refractivity contribution >= 4 is 17.7 Å². The van der Waals surface area contributed by atoms with Gasteiger partial charge in [-0.1, -0.05) is 48.5 Å². The van der Waals surface area contributed by atoms with Crippen molar-refractivity contribution in [3.8, 4) is 22.8 Å². The van der Waals surface area contributed by atoms with Gasteiger partial charge < -0.3 is 9.47 Å². The van der Waals surface area contributed by atoms with Crippen molar-refractivity contribution in [2.24, 2.45) is 0 Å². The van der Waals surface area contributed by atoms with E-state index in [1.54, 1.807) is 7.11 Å². The van der Waals surface area contributed by atoms with Crippen molar-refractivity contribution in [2.75, 3.05) is 13.7 Å². The van der Waals surface area contributed by atoms with E-state index in [4.69, 9.17) is 9.47 Å². The van der Waals surface area contributed by atoms with E-state index in [2.05, 4.69) is 10.2 Å². The number of benzene rings is 2. The molecule has 0 bridgehead atoms. The summed E-state index contributed by atoms with van der Waals surface area (Å²) in [5.41, 5.74) is 2.90. The molecule has 0 fully saturated rings. The fourth-order valence-electron chi connectivity index (χ4n) is 2.80. The highest BCUT2D eigenvalue weighted by Gasteiger charge is 2.23. The molecule has 0 aliphatic heterocycles. The topological polar surface area (TPSA) is 66.2 Å². The molecule has 152 valence electrons. The molecule has 0 saturated heterocycles. The van der Waals surface area contributed by atoms with Crippen LogP contribution in [-0.2, 0) is 9.53 Å². The van der Waals surface area contributed by atoms with Crippen LogP contribution in [0.25, 0.3) is 17.1 Å².